The molecular weight excluding hydrogens is 354 g/mol. The largest absolute Gasteiger partial charge is 0.508 e. The van der Waals surface area contributed by atoms with Crippen LogP contribution >= 0.6 is 0 Å². The molecule has 8 heteroatoms. The molecule has 8 nitrogen and oxygen atoms in total. The number of nitrogens with one attached hydrogen (secondary N) is 4. The smallest absolute Gasteiger partial charge is 0.233 e. The lowest BCUT2D eigenvalue weighted by Gasteiger charge is -2.11. The van der Waals surface area contributed by atoms with Crippen molar-refractivity contribution in [3.63, 3.8) is 0 Å². The summed E-state index contributed by atoms with van der Waals surface area (Å²) in [5.74, 6) is 1.56. The van der Waals surface area contributed by atoms with Crippen molar-refractivity contribution >= 4 is 29.2 Å². The fourth-order valence-corrected chi connectivity index (χ4v) is 2.52. The molecule has 1 heterocycles. The van der Waals surface area contributed by atoms with Crippen molar-refractivity contribution < 1.29 is 5.11 Å². The molecule has 0 atom stereocenters. The number of hydrogen-bond acceptors (Lipinski definition) is 8. The molecule has 0 aliphatic carbocycles. The molecule has 3 aromatic rings. The van der Waals surface area contributed by atoms with E-state index in [1.807, 2.05) is 37.4 Å². The van der Waals surface area contributed by atoms with Crippen molar-refractivity contribution in [1.29, 1.82) is 0 Å². The minimum absolute atomic E-state index is 0.205. The van der Waals surface area contributed by atoms with E-state index in [1.165, 1.54) is 0 Å². The molecule has 0 amide bonds. The third-order valence-corrected chi connectivity index (χ3v) is 3.93. The van der Waals surface area contributed by atoms with E-state index in [2.05, 4.69) is 36.2 Å². The van der Waals surface area contributed by atoms with Crippen LogP contribution in [0.2, 0.25) is 0 Å². The molecule has 0 unspecified atom stereocenters. The molecule has 3 rings (SSSR count). The minimum atomic E-state index is 0.205. The molecule has 2 aromatic carbocycles. The molecule has 146 valence electrons. The van der Waals surface area contributed by atoms with Gasteiger partial charge in [-0.2, -0.15) is 15.0 Å². The zero-order valence-electron chi connectivity index (χ0n) is 15.8. The maximum Gasteiger partial charge on any atom is 0.233 e. The van der Waals surface area contributed by atoms with E-state index in [1.54, 1.807) is 24.3 Å². The number of aromatic hydroxyl groups is 1. The van der Waals surface area contributed by atoms with Gasteiger partial charge in [0.15, 0.2) is 0 Å². The Morgan fingerprint density at radius 1 is 0.714 bits per heavy atom. The van der Waals surface area contributed by atoms with E-state index in [0.29, 0.717) is 17.8 Å². The normalized spacial score (nSPS) is 10.5. The van der Waals surface area contributed by atoms with Gasteiger partial charge >= 0.3 is 0 Å². The first kappa shape index (κ1) is 19.4. The van der Waals surface area contributed by atoms with Crippen LogP contribution < -0.4 is 21.3 Å². The fraction of sp³-hybridized carbons (Fsp3) is 0.250. The van der Waals surface area contributed by atoms with Gasteiger partial charge in [-0.25, -0.2) is 0 Å². The summed E-state index contributed by atoms with van der Waals surface area (Å²) >= 11 is 0. The van der Waals surface area contributed by atoms with Crippen molar-refractivity contribution in [2.75, 3.05) is 36.1 Å². The highest BCUT2D eigenvalue weighted by Gasteiger charge is 2.08. The van der Waals surface area contributed by atoms with Crippen LogP contribution in [0, 0.1) is 0 Å². The predicted octanol–water partition coefficient (Wildman–Crippen LogP) is 3.48. The molecule has 1 aromatic heterocycles. The summed E-state index contributed by atoms with van der Waals surface area (Å²) in [7, 11) is 1.95. The molecule has 5 N–H and O–H groups in total. The number of phenols is 1. The van der Waals surface area contributed by atoms with Crippen molar-refractivity contribution in [2.24, 2.45) is 0 Å². The van der Waals surface area contributed by atoms with Crippen LogP contribution in [0.1, 0.15) is 12.8 Å². The zero-order chi connectivity index (χ0) is 19.6. The Bertz CT molecular complexity index is 856. The van der Waals surface area contributed by atoms with Gasteiger partial charge in [0, 0.05) is 17.9 Å². The maximum atomic E-state index is 9.44. The molecular formula is C20H25N7O. The van der Waals surface area contributed by atoms with Crippen molar-refractivity contribution in [3.05, 3.63) is 54.6 Å². The Morgan fingerprint density at radius 3 is 1.93 bits per heavy atom. The molecule has 0 spiro atoms. The van der Waals surface area contributed by atoms with E-state index in [4.69, 9.17) is 0 Å². The van der Waals surface area contributed by atoms with E-state index in [-0.39, 0.29) is 5.75 Å². The standard InChI is InChI=1S/C20H25N7O/c1-21-13-5-6-14-22-18-25-19(23-15-7-3-2-4-8-15)27-20(26-18)24-16-9-11-17(28)12-10-16/h2-4,7-12,21,28H,5-6,13-14H2,1H3,(H3,22,23,24,25,26,27). The number of rotatable bonds is 10. The summed E-state index contributed by atoms with van der Waals surface area (Å²) < 4.78 is 0. The average Bonchev–Trinajstić information content (AvgIpc) is 2.70. The van der Waals surface area contributed by atoms with Gasteiger partial charge in [-0.3, -0.25) is 0 Å². The van der Waals surface area contributed by atoms with Gasteiger partial charge in [0.2, 0.25) is 17.8 Å². The summed E-state index contributed by atoms with van der Waals surface area (Å²) in [6.45, 7) is 1.75. The summed E-state index contributed by atoms with van der Waals surface area (Å²) in [4.78, 5) is 13.4. The Balaban J connectivity index is 1.75. The molecule has 0 aliphatic rings. The SMILES string of the molecule is CNCCCCNc1nc(Nc2ccccc2)nc(Nc2ccc(O)cc2)n1. The van der Waals surface area contributed by atoms with Gasteiger partial charge in [0.25, 0.3) is 0 Å². The van der Waals surface area contributed by atoms with Crippen LogP contribution in [-0.2, 0) is 0 Å². The van der Waals surface area contributed by atoms with Gasteiger partial charge in [-0.15, -0.1) is 0 Å². The van der Waals surface area contributed by atoms with Crippen molar-refractivity contribution in [1.82, 2.24) is 20.3 Å². The first-order chi connectivity index (χ1) is 13.7. The second-order valence-electron chi connectivity index (χ2n) is 6.21. The Kier molecular flexibility index (Phi) is 6.97. The predicted molar refractivity (Wildman–Crippen MR) is 113 cm³/mol. The topological polar surface area (TPSA) is 107 Å². The number of para-hydroxylation sites is 1. The van der Waals surface area contributed by atoms with Gasteiger partial charge in [0.05, 0.1) is 0 Å². The van der Waals surface area contributed by atoms with Crippen molar-refractivity contribution in [3.8, 4) is 5.75 Å². The lowest BCUT2D eigenvalue weighted by molar-refractivity contribution is 0.475. The monoisotopic (exact) mass is 379 g/mol. The first-order valence-corrected chi connectivity index (χ1v) is 9.25. The first-order valence-electron chi connectivity index (χ1n) is 9.25. The number of unbranched alkanes of at least 4 members (excludes halogenated alkanes) is 1. The van der Waals surface area contributed by atoms with Gasteiger partial charge in [-0.05, 0) is 62.8 Å². The highest BCUT2D eigenvalue weighted by Crippen LogP contribution is 2.20. The van der Waals surface area contributed by atoms with Crippen LogP contribution in [0.4, 0.5) is 29.2 Å². The molecule has 28 heavy (non-hydrogen) atoms. The van der Waals surface area contributed by atoms with Crippen LogP contribution in [0.25, 0.3) is 0 Å². The number of aromatic nitrogens is 3. The van der Waals surface area contributed by atoms with Crippen LogP contribution in [0.3, 0.4) is 0 Å². The number of phenolic OH excluding ortho intramolecular Hbond substituents is 1. The van der Waals surface area contributed by atoms with Gasteiger partial charge < -0.3 is 26.4 Å². The fourth-order valence-electron chi connectivity index (χ4n) is 2.52. The molecule has 0 saturated carbocycles. The Labute approximate surface area is 164 Å². The molecule has 0 saturated heterocycles. The third-order valence-electron chi connectivity index (χ3n) is 3.93. The van der Waals surface area contributed by atoms with Crippen LogP contribution in [0.15, 0.2) is 54.6 Å². The second kappa shape index (κ2) is 10.1. The highest BCUT2D eigenvalue weighted by atomic mass is 16.3. The number of hydrogen-bond donors (Lipinski definition) is 5. The maximum absolute atomic E-state index is 9.44. The third kappa shape index (κ3) is 6.10. The lowest BCUT2D eigenvalue weighted by Crippen LogP contribution is -2.12. The van der Waals surface area contributed by atoms with E-state index >= 15 is 0 Å². The number of nitrogens with zero attached hydrogens (tertiary/aromatic N) is 3. The minimum Gasteiger partial charge on any atom is -0.508 e. The summed E-state index contributed by atoms with van der Waals surface area (Å²) in [6, 6.07) is 16.5. The van der Waals surface area contributed by atoms with Gasteiger partial charge in [-0.1, -0.05) is 18.2 Å². The van der Waals surface area contributed by atoms with Crippen molar-refractivity contribution in [2.45, 2.75) is 12.8 Å². The van der Waals surface area contributed by atoms with Crippen LogP contribution in [-0.4, -0.2) is 40.2 Å². The number of benzene rings is 2. The van der Waals surface area contributed by atoms with E-state index in [0.717, 1.165) is 37.3 Å². The zero-order valence-corrected chi connectivity index (χ0v) is 15.8. The molecule has 0 fully saturated rings. The second-order valence-corrected chi connectivity index (χ2v) is 6.21. The molecule has 0 aliphatic heterocycles. The Hall–Kier alpha value is -3.39. The lowest BCUT2D eigenvalue weighted by atomic mass is 10.3. The Morgan fingerprint density at radius 2 is 1.29 bits per heavy atom. The summed E-state index contributed by atoms with van der Waals surface area (Å²) in [5, 5.41) is 22.2. The van der Waals surface area contributed by atoms with E-state index < -0.39 is 0 Å². The van der Waals surface area contributed by atoms with Crippen LogP contribution in [0.5, 0.6) is 5.75 Å². The van der Waals surface area contributed by atoms with E-state index in [9.17, 15) is 5.11 Å². The molecule has 0 bridgehead atoms. The number of anilines is 5. The molecule has 0 radical (unpaired) electrons. The quantitative estimate of drug-likeness (QED) is 0.269. The summed E-state index contributed by atoms with van der Waals surface area (Å²) in [6.07, 6.45) is 2.08. The average molecular weight is 379 g/mol. The van der Waals surface area contributed by atoms with Gasteiger partial charge in [0.1, 0.15) is 5.75 Å². The summed E-state index contributed by atoms with van der Waals surface area (Å²) in [5.41, 5.74) is 1.67. The highest BCUT2D eigenvalue weighted by molar-refractivity contribution is 5.59.